The molecule has 5 N–H and O–H groups in total. The molecular weight excluding hydrogens is 268 g/mol. The summed E-state index contributed by atoms with van der Waals surface area (Å²) in [5.41, 5.74) is 6.56. The number of phenolic OH excluding ortho intramolecular Hbond substituents is 2. The van der Waals surface area contributed by atoms with Gasteiger partial charge in [0, 0.05) is 11.6 Å². The Bertz CT molecular complexity index is 730. The van der Waals surface area contributed by atoms with Crippen molar-refractivity contribution in [2.24, 2.45) is 5.73 Å². The van der Waals surface area contributed by atoms with Gasteiger partial charge in [0.05, 0.1) is 17.8 Å². The molecule has 0 aromatic heterocycles. The molecule has 0 aliphatic rings. The van der Waals surface area contributed by atoms with Crippen molar-refractivity contribution in [1.29, 1.82) is 0 Å². The third kappa shape index (κ3) is 3.53. The van der Waals surface area contributed by atoms with Gasteiger partial charge in [0.2, 0.25) is 0 Å². The molecule has 2 aromatic rings. The number of carbonyl (C=O) groups is 1. The topological polar surface area (TPSA) is 95.6 Å². The molecule has 0 atom stereocenters. The molecule has 106 valence electrons. The number of anilines is 1. The lowest BCUT2D eigenvalue weighted by molar-refractivity contribution is 0.102. The van der Waals surface area contributed by atoms with Crippen LogP contribution < -0.4 is 11.1 Å². The number of aromatic hydroxyl groups is 2. The molecule has 0 heterocycles. The van der Waals surface area contributed by atoms with Crippen LogP contribution in [0.3, 0.4) is 0 Å². The van der Waals surface area contributed by atoms with E-state index in [2.05, 4.69) is 17.2 Å². The molecule has 0 unspecified atom stereocenters. The first-order valence-electron chi connectivity index (χ1n) is 6.23. The maximum atomic E-state index is 12.1. The van der Waals surface area contributed by atoms with Crippen LogP contribution in [0.1, 0.15) is 15.9 Å². The molecule has 2 rings (SSSR count). The van der Waals surface area contributed by atoms with Crippen molar-refractivity contribution < 1.29 is 15.0 Å². The lowest BCUT2D eigenvalue weighted by atomic mass is 10.1. The van der Waals surface area contributed by atoms with Crippen LogP contribution in [0.2, 0.25) is 0 Å². The highest BCUT2D eigenvalue weighted by Gasteiger charge is 2.13. The number of phenols is 2. The van der Waals surface area contributed by atoms with Crippen molar-refractivity contribution in [3.8, 4) is 23.3 Å². The van der Waals surface area contributed by atoms with Crippen LogP contribution in [0.25, 0.3) is 0 Å². The fourth-order valence-corrected chi connectivity index (χ4v) is 1.75. The van der Waals surface area contributed by atoms with Gasteiger partial charge in [-0.1, -0.05) is 24.0 Å². The summed E-state index contributed by atoms with van der Waals surface area (Å²) in [5, 5.41) is 21.6. The number of benzene rings is 2. The van der Waals surface area contributed by atoms with Gasteiger partial charge in [-0.15, -0.1) is 0 Å². The van der Waals surface area contributed by atoms with Crippen molar-refractivity contribution in [3.63, 3.8) is 0 Å². The zero-order chi connectivity index (χ0) is 15.2. The molecule has 0 fully saturated rings. The number of amides is 1. The zero-order valence-corrected chi connectivity index (χ0v) is 11.1. The minimum atomic E-state index is -0.491. The van der Waals surface area contributed by atoms with Crippen LogP contribution >= 0.6 is 0 Å². The number of nitrogens with one attached hydrogen (secondary N) is 1. The highest BCUT2D eigenvalue weighted by Crippen LogP contribution is 2.24. The second-order valence-corrected chi connectivity index (χ2v) is 4.21. The van der Waals surface area contributed by atoms with Gasteiger partial charge in [-0.3, -0.25) is 4.79 Å². The van der Waals surface area contributed by atoms with Crippen molar-refractivity contribution in [1.82, 2.24) is 0 Å². The highest BCUT2D eigenvalue weighted by atomic mass is 16.3. The Morgan fingerprint density at radius 1 is 1.19 bits per heavy atom. The van der Waals surface area contributed by atoms with E-state index in [0.717, 1.165) is 6.07 Å². The highest BCUT2D eigenvalue weighted by molar-refractivity contribution is 6.06. The number of nitrogens with two attached hydrogens (primary N) is 1. The van der Waals surface area contributed by atoms with Crippen LogP contribution in [0.4, 0.5) is 5.69 Å². The lowest BCUT2D eigenvalue weighted by Crippen LogP contribution is -2.13. The van der Waals surface area contributed by atoms with Crippen LogP contribution in [0.15, 0.2) is 42.5 Å². The molecule has 0 spiro atoms. The average molecular weight is 282 g/mol. The molecule has 5 nitrogen and oxygen atoms in total. The second-order valence-electron chi connectivity index (χ2n) is 4.21. The third-order valence-corrected chi connectivity index (χ3v) is 2.73. The molecule has 0 aliphatic heterocycles. The molecule has 1 amide bonds. The summed E-state index contributed by atoms with van der Waals surface area (Å²) in [7, 11) is 0. The van der Waals surface area contributed by atoms with Crippen LogP contribution in [-0.2, 0) is 0 Å². The smallest absolute Gasteiger partial charge is 0.259 e. The van der Waals surface area contributed by atoms with Gasteiger partial charge in [0.15, 0.2) is 0 Å². The largest absolute Gasteiger partial charge is 0.508 e. The molecule has 0 saturated carbocycles. The summed E-state index contributed by atoms with van der Waals surface area (Å²) < 4.78 is 0. The summed E-state index contributed by atoms with van der Waals surface area (Å²) >= 11 is 0. The average Bonchev–Trinajstić information content (AvgIpc) is 2.46. The van der Waals surface area contributed by atoms with E-state index < -0.39 is 5.91 Å². The van der Waals surface area contributed by atoms with Crippen molar-refractivity contribution in [2.75, 3.05) is 11.9 Å². The van der Waals surface area contributed by atoms with Gasteiger partial charge in [-0.25, -0.2) is 0 Å². The predicted octanol–water partition coefficient (Wildman–Crippen LogP) is 1.66. The van der Waals surface area contributed by atoms with Crippen LogP contribution in [-0.4, -0.2) is 22.7 Å². The molecule has 21 heavy (non-hydrogen) atoms. The van der Waals surface area contributed by atoms with E-state index in [1.54, 1.807) is 24.3 Å². The van der Waals surface area contributed by atoms with E-state index in [1.165, 1.54) is 12.1 Å². The quantitative estimate of drug-likeness (QED) is 0.630. The maximum Gasteiger partial charge on any atom is 0.259 e. The monoisotopic (exact) mass is 282 g/mol. The summed E-state index contributed by atoms with van der Waals surface area (Å²) in [6.45, 7) is 0.223. The van der Waals surface area contributed by atoms with Gasteiger partial charge in [0.25, 0.3) is 5.91 Å². The van der Waals surface area contributed by atoms with Crippen molar-refractivity contribution in [3.05, 3.63) is 53.6 Å². The van der Waals surface area contributed by atoms with E-state index in [-0.39, 0.29) is 23.6 Å². The Labute approximate surface area is 122 Å². The van der Waals surface area contributed by atoms with Gasteiger partial charge in [0.1, 0.15) is 11.5 Å². The van der Waals surface area contributed by atoms with Gasteiger partial charge in [-0.05, 0) is 24.3 Å². The van der Waals surface area contributed by atoms with Gasteiger partial charge in [-0.2, -0.15) is 0 Å². The van der Waals surface area contributed by atoms with Crippen LogP contribution in [0, 0.1) is 11.8 Å². The normalized spacial score (nSPS) is 9.57. The van der Waals surface area contributed by atoms with Crippen molar-refractivity contribution >= 4 is 11.6 Å². The van der Waals surface area contributed by atoms with E-state index >= 15 is 0 Å². The number of hydrogen-bond donors (Lipinski definition) is 4. The Balaban J connectivity index is 2.27. The Hall–Kier alpha value is -2.97. The Kier molecular flexibility index (Phi) is 4.44. The summed E-state index contributed by atoms with van der Waals surface area (Å²) in [6, 6.07) is 10.8. The SMILES string of the molecule is NCC#Cc1ccccc1NC(=O)c1ccc(O)cc1O. The lowest BCUT2D eigenvalue weighted by Gasteiger charge is -2.09. The maximum absolute atomic E-state index is 12.1. The van der Waals surface area contributed by atoms with Crippen LogP contribution in [0.5, 0.6) is 11.5 Å². The summed E-state index contributed by atoms with van der Waals surface area (Å²) in [5.74, 6) is 4.68. The minimum absolute atomic E-state index is 0.0642. The number of para-hydroxylation sites is 1. The van der Waals surface area contributed by atoms with E-state index in [4.69, 9.17) is 5.73 Å². The van der Waals surface area contributed by atoms with E-state index in [1.807, 2.05) is 0 Å². The van der Waals surface area contributed by atoms with Crippen molar-refractivity contribution in [2.45, 2.75) is 0 Å². The minimum Gasteiger partial charge on any atom is -0.508 e. The molecule has 0 saturated heterocycles. The summed E-state index contributed by atoms with van der Waals surface area (Å²) in [4.78, 5) is 12.1. The first-order valence-corrected chi connectivity index (χ1v) is 6.23. The Morgan fingerprint density at radius 2 is 1.95 bits per heavy atom. The predicted molar refractivity (Wildman–Crippen MR) is 80.1 cm³/mol. The molecular formula is C16H14N2O3. The zero-order valence-electron chi connectivity index (χ0n) is 11.1. The fraction of sp³-hybridized carbons (Fsp3) is 0.0625. The number of rotatable bonds is 2. The van der Waals surface area contributed by atoms with Gasteiger partial charge < -0.3 is 21.3 Å². The molecule has 0 bridgehead atoms. The third-order valence-electron chi connectivity index (χ3n) is 2.73. The second kappa shape index (κ2) is 6.46. The fourth-order valence-electron chi connectivity index (χ4n) is 1.75. The van der Waals surface area contributed by atoms with Gasteiger partial charge >= 0.3 is 0 Å². The number of carbonyl (C=O) groups excluding carboxylic acids is 1. The molecule has 0 aliphatic carbocycles. The number of hydrogen-bond acceptors (Lipinski definition) is 4. The molecule has 0 radical (unpaired) electrons. The molecule has 5 heteroatoms. The van der Waals surface area contributed by atoms with E-state index in [9.17, 15) is 15.0 Å². The first-order chi connectivity index (χ1) is 10.1. The standard InChI is InChI=1S/C16H14N2O3/c17-9-3-5-11-4-1-2-6-14(11)18-16(21)13-8-7-12(19)10-15(13)20/h1-2,4,6-8,10,19-20H,9,17H2,(H,18,21). The molecule has 2 aromatic carbocycles. The Morgan fingerprint density at radius 3 is 2.67 bits per heavy atom. The summed E-state index contributed by atoms with van der Waals surface area (Å²) in [6.07, 6.45) is 0. The first kappa shape index (κ1) is 14.4. The van der Waals surface area contributed by atoms with E-state index in [0.29, 0.717) is 11.3 Å².